The highest BCUT2D eigenvalue weighted by atomic mass is 32.1. The smallest absolute Gasteiger partial charge is 0.306 e. The number of anilines is 2. The van der Waals surface area contributed by atoms with Crippen LogP contribution in [-0.4, -0.2) is 36.6 Å². The fraction of sp³-hybridized carbons (Fsp3) is 0.273. The van der Waals surface area contributed by atoms with Crippen molar-refractivity contribution in [2.75, 3.05) is 23.9 Å². The molecule has 0 fully saturated rings. The summed E-state index contributed by atoms with van der Waals surface area (Å²) in [6.07, 6.45) is 0.725. The van der Waals surface area contributed by atoms with Crippen LogP contribution in [-0.2, 0) is 14.3 Å². The van der Waals surface area contributed by atoms with Gasteiger partial charge < -0.3 is 20.3 Å². The zero-order valence-corrected chi connectivity index (χ0v) is 17.8. The molecule has 7 nitrogen and oxygen atoms in total. The van der Waals surface area contributed by atoms with Crippen molar-refractivity contribution in [2.45, 2.75) is 26.2 Å². The molecule has 0 aliphatic heterocycles. The number of esters is 1. The third kappa shape index (κ3) is 7.29. The van der Waals surface area contributed by atoms with Crippen LogP contribution in [0, 0.1) is 0 Å². The largest absolute Gasteiger partial charge is 0.466 e. The maximum atomic E-state index is 12.6. The Morgan fingerprint density at radius 2 is 1.67 bits per heavy atom. The molecule has 0 saturated heterocycles. The second kappa shape index (κ2) is 11.7. The van der Waals surface area contributed by atoms with E-state index in [9.17, 15) is 14.4 Å². The number of carbonyl (C=O) groups excluding carboxylic acids is 3. The summed E-state index contributed by atoms with van der Waals surface area (Å²) < 4.78 is 4.92. The van der Waals surface area contributed by atoms with Gasteiger partial charge in [-0.05, 0) is 55.0 Å². The highest BCUT2D eigenvalue weighted by molar-refractivity contribution is 7.80. The van der Waals surface area contributed by atoms with Crippen LogP contribution in [0.3, 0.4) is 0 Å². The number of hydrogen-bond donors (Lipinski definition) is 2. The van der Waals surface area contributed by atoms with Gasteiger partial charge in [-0.2, -0.15) is 0 Å². The third-order valence-electron chi connectivity index (χ3n) is 4.11. The zero-order chi connectivity index (χ0) is 21.9. The summed E-state index contributed by atoms with van der Waals surface area (Å²) in [6.45, 7) is 2.24. The quantitative estimate of drug-likeness (QED) is 0.495. The minimum absolute atomic E-state index is 0.000186. The Labute approximate surface area is 181 Å². The Hall–Kier alpha value is -3.26. The van der Waals surface area contributed by atoms with Gasteiger partial charge in [-0.1, -0.05) is 25.1 Å². The van der Waals surface area contributed by atoms with E-state index >= 15 is 0 Å². The molecule has 0 saturated carbocycles. The van der Waals surface area contributed by atoms with E-state index in [2.05, 4.69) is 10.6 Å². The third-order valence-corrected chi connectivity index (χ3v) is 4.32. The molecule has 0 unspecified atom stereocenters. The Morgan fingerprint density at radius 3 is 2.30 bits per heavy atom. The summed E-state index contributed by atoms with van der Waals surface area (Å²) >= 11 is 5.12. The monoisotopic (exact) mass is 427 g/mol. The number of hydrogen-bond acceptors (Lipinski definition) is 5. The lowest BCUT2D eigenvalue weighted by Gasteiger charge is -2.17. The van der Waals surface area contributed by atoms with Crippen LogP contribution in [0.15, 0.2) is 54.6 Å². The molecular weight excluding hydrogens is 402 g/mol. The molecule has 0 aromatic heterocycles. The fourth-order valence-electron chi connectivity index (χ4n) is 2.51. The van der Waals surface area contributed by atoms with Crippen LogP contribution in [0.5, 0.6) is 0 Å². The van der Waals surface area contributed by atoms with Crippen molar-refractivity contribution in [3.63, 3.8) is 0 Å². The van der Waals surface area contributed by atoms with Crippen LogP contribution in [0.1, 0.15) is 36.5 Å². The highest BCUT2D eigenvalue weighted by Gasteiger charge is 2.13. The molecule has 0 bridgehead atoms. The first-order valence-electron chi connectivity index (χ1n) is 9.60. The normalized spacial score (nSPS) is 10.1. The number of thiocarbonyl (C=S) groups is 1. The summed E-state index contributed by atoms with van der Waals surface area (Å²) in [5, 5.41) is 5.51. The van der Waals surface area contributed by atoms with Gasteiger partial charge in [0, 0.05) is 30.4 Å². The molecular formula is C22H25N3O4S. The number of amides is 2. The summed E-state index contributed by atoms with van der Waals surface area (Å²) in [7, 11) is 1.71. The zero-order valence-electron chi connectivity index (χ0n) is 17.0. The summed E-state index contributed by atoms with van der Waals surface area (Å²) in [4.78, 5) is 37.5. The van der Waals surface area contributed by atoms with Crippen molar-refractivity contribution in [3.05, 3.63) is 60.2 Å². The summed E-state index contributed by atoms with van der Waals surface area (Å²) in [5.41, 5.74) is 1.95. The molecule has 2 amide bonds. The molecule has 30 heavy (non-hydrogen) atoms. The van der Waals surface area contributed by atoms with Crippen molar-refractivity contribution >= 4 is 46.5 Å². The van der Waals surface area contributed by atoms with Gasteiger partial charge in [0.15, 0.2) is 5.11 Å². The number of nitrogens with one attached hydrogen (secondary N) is 2. The first-order valence-corrected chi connectivity index (χ1v) is 10.0. The standard InChI is InChI=1S/C22H25N3O4S/c1-3-15-29-20(27)14-13-19(26)24-22(30)23-17-11-9-16(10-12-17)21(28)25(2)18-7-5-4-6-8-18/h4-12H,3,13-15H2,1-2H3,(H2,23,24,26,30). The molecule has 0 spiro atoms. The van der Waals surface area contributed by atoms with Crippen molar-refractivity contribution in [3.8, 4) is 0 Å². The highest BCUT2D eigenvalue weighted by Crippen LogP contribution is 2.16. The van der Waals surface area contributed by atoms with E-state index in [-0.39, 0.29) is 29.8 Å². The topological polar surface area (TPSA) is 87.7 Å². The van der Waals surface area contributed by atoms with Crippen LogP contribution >= 0.6 is 12.2 Å². The predicted molar refractivity (Wildman–Crippen MR) is 120 cm³/mol. The molecule has 0 atom stereocenters. The Balaban J connectivity index is 1.83. The average molecular weight is 428 g/mol. The van der Waals surface area contributed by atoms with E-state index in [1.165, 1.54) is 0 Å². The van der Waals surface area contributed by atoms with Crippen molar-refractivity contribution in [2.24, 2.45) is 0 Å². The average Bonchev–Trinajstić information content (AvgIpc) is 2.76. The molecule has 158 valence electrons. The van der Waals surface area contributed by atoms with E-state index in [4.69, 9.17) is 17.0 Å². The number of para-hydroxylation sites is 1. The molecule has 2 aromatic carbocycles. The SMILES string of the molecule is CCCOC(=O)CCC(=O)NC(=S)Nc1ccc(C(=O)N(C)c2ccccc2)cc1. The maximum Gasteiger partial charge on any atom is 0.306 e. The van der Waals surface area contributed by atoms with E-state index < -0.39 is 5.97 Å². The maximum absolute atomic E-state index is 12.6. The minimum Gasteiger partial charge on any atom is -0.466 e. The molecule has 2 rings (SSSR count). The van der Waals surface area contributed by atoms with Crippen molar-refractivity contribution in [1.29, 1.82) is 0 Å². The first-order chi connectivity index (χ1) is 14.4. The lowest BCUT2D eigenvalue weighted by atomic mass is 10.1. The Kier molecular flexibility index (Phi) is 8.96. The molecule has 0 aliphatic rings. The van der Waals surface area contributed by atoms with E-state index in [1.54, 1.807) is 36.2 Å². The first kappa shape index (κ1) is 23.0. The predicted octanol–water partition coefficient (Wildman–Crippen LogP) is 3.51. The van der Waals surface area contributed by atoms with Gasteiger partial charge in [-0.3, -0.25) is 14.4 Å². The molecule has 8 heteroatoms. The number of benzene rings is 2. The van der Waals surface area contributed by atoms with Gasteiger partial charge in [0.2, 0.25) is 5.91 Å². The molecule has 0 heterocycles. The number of ether oxygens (including phenoxy) is 1. The van der Waals surface area contributed by atoms with Crippen LogP contribution in [0.4, 0.5) is 11.4 Å². The molecule has 0 radical (unpaired) electrons. The van der Waals surface area contributed by atoms with E-state index in [0.29, 0.717) is 17.9 Å². The van der Waals surface area contributed by atoms with Gasteiger partial charge >= 0.3 is 5.97 Å². The lowest BCUT2D eigenvalue weighted by molar-refractivity contribution is -0.144. The minimum atomic E-state index is -0.411. The van der Waals surface area contributed by atoms with Gasteiger partial charge in [0.05, 0.1) is 13.0 Å². The molecule has 2 aromatic rings. The number of carbonyl (C=O) groups is 3. The Bertz CT molecular complexity index is 885. The van der Waals surface area contributed by atoms with E-state index in [1.807, 2.05) is 37.3 Å². The van der Waals surface area contributed by atoms with Crippen LogP contribution in [0.2, 0.25) is 0 Å². The Morgan fingerprint density at radius 1 is 1.00 bits per heavy atom. The van der Waals surface area contributed by atoms with Gasteiger partial charge in [0.1, 0.15) is 0 Å². The second-order valence-electron chi connectivity index (χ2n) is 6.50. The second-order valence-corrected chi connectivity index (χ2v) is 6.91. The van der Waals surface area contributed by atoms with E-state index in [0.717, 1.165) is 12.1 Å². The number of rotatable bonds is 8. The van der Waals surface area contributed by atoms with Gasteiger partial charge in [0.25, 0.3) is 5.91 Å². The lowest BCUT2D eigenvalue weighted by Crippen LogP contribution is -2.34. The van der Waals surface area contributed by atoms with Crippen LogP contribution in [0.25, 0.3) is 0 Å². The van der Waals surface area contributed by atoms with Gasteiger partial charge in [-0.15, -0.1) is 0 Å². The molecule has 0 aliphatic carbocycles. The van der Waals surface area contributed by atoms with Crippen LogP contribution < -0.4 is 15.5 Å². The summed E-state index contributed by atoms with van der Waals surface area (Å²) in [5.74, 6) is -0.928. The van der Waals surface area contributed by atoms with Crippen molar-refractivity contribution < 1.29 is 19.1 Å². The van der Waals surface area contributed by atoms with Crippen molar-refractivity contribution in [1.82, 2.24) is 5.32 Å². The van der Waals surface area contributed by atoms with Gasteiger partial charge in [-0.25, -0.2) is 0 Å². The number of nitrogens with zero attached hydrogens (tertiary/aromatic N) is 1. The molecule has 2 N–H and O–H groups in total. The fourth-order valence-corrected chi connectivity index (χ4v) is 2.75. The summed E-state index contributed by atoms with van der Waals surface area (Å²) in [6, 6.07) is 16.1.